The molecule has 2 aromatic carbocycles. The SMILES string of the molecule is COc1ccc(C2=C(c3ccc(OCc4cn5cc(C)ccc5n4)cc3)C(=O)C(C)(C)O2)cc1. The second-order valence-electron chi connectivity index (χ2n) is 8.89. The fraction of sp³-hybridized carbons (Fsp3) is 0.214. The lowest BCUT2D eigenvalue weighted by Gasteiger charge is -2.17. The lowest BCUT2D eigenvalue weighted by atomic mass is 9.92. The Morgan fingerprint density at radius 1 is 0.912 bits per heavy atom. The molecule has 0 bridgehead atoms. The van der Waals surface area contributed by atoms with Crippen LogP contribution < -0.4 is 9.47 Å². The number of aryl methyl sites for hydroxylation is 1. The molecule has 1 aliphatic heterocycles. The van der Waals surface area contributed by atoms with Crippen molar-refractivity contribution in [3.8, 4) is 11.5 Å². The summed E-state index contributed by atoms with van der Waals surface area (Å²) in [4.78, 5) is 17.8. The molecular weight excluding hydrogens is 428 g/mol. The van der Waals surface area contributed by atoms with Crippen LogP contribution in [0, 0.1) is 6.92 Å². The highest BCUT2D eigenvalue weighted by Gasteiger charge is 2.42. The maximum atomic E-state index is 13.2. The van der Waals surface area contributed by atoms with E-state index in [9.17, 15) is 4.79 Å². The molecule has 2 aromatic heterocycles. The van der Waals surface area contributed by atoms with Gasteiger partial charge in [-0.25, -0.2) is 4.98 Å². The van der Waals surface area contributed by atoms with Gasteiger partial charge in [-0.2, -0.15) is 0 Å². The third-order valence-corrected chi connectivity index (χ3v) is 5.89. The molecule has 172 valence electrons. The summed E-state index contributed by atoms with van der Waals surface area (Å²) in [6, 6.07) is 19.1. The van der Waals surface area contributed by atoms with E-state index in [2.05, 4.69) is 4.98 Å². The monoisotopic (exact) mass is 454 g/mol. The Hall–Kier alpha value is -4.06. The van der Waals surface area contributed by atoms with Crippen LogP contribution in [-0.4, -0.2) is 27.9 Å². The number of carbonyl (C=O) groups excluding carboxylic acids is 1. The number of rotatable bonds is 6. The van der Waals surface area contributed by atoms with E-state index < -0.39 is 5.60 Å². The minimum atomic E-state index is -0.929. The normalized spacial score (nSPS) is 15.0. The lowest BCUT2D eigenvalue weighted by molar-refractivity contribution is -0.125. The first-order chi connectivity index (χ1) is 16.3. The molecule has 0 unspecified atom stereocenters. The quantitative estimate of drug-likeness (QED) is 0.386. The molecule has 6 heteroatoms. The maximum Gasteiger partial charge on any atom is 0.210 e. The van der Waals surface area contributed by atoms with Gasteiger partial charge in [-0.1, -0.05) is 18.2 Å². The minimum Gasteiger partial charge on any atom is -0.497 e. The van der Waals surface area contributed by atoms with Crippen LogP contribution in [0.25, 0.3) is 17.0 Å². The number of hydrogen-bond donors (Lipinski definition) is 0. The summed E-state index contributed by atoms with van der Waals surface area (Å²) in [7, 11) is 1.62. The number of fused-ring (bicyclic) bond motifs is 1. The van der Waals surface area contributed by atoms with Gasteiger partial charge in [0.15, 0.2) is 5.60 Å². The number of hydrogen-bond acceptors (Lipinski definition) is 5. The topological polar surface area (TPSA) is 62.1 Å². The van der Waals surface area contributed by atoms with Crippen LogP contribution in [0.3, 0.4) is 0 Å². The highest BCUT2D eigenvalue weighted by atomic mass is 16.5. The molecule has 4 aromatic rings. The van der Waals surface area contributed by atoms with Gasteiger partial charge in [-0.15, -0.1) is 0 Å². The Kier molecular flexibility index (Phi) is 5.36. The van der Waals surface area contributed by atoms with E-state index in [1.807, 2.05) is 84.4 Å². The van der Waals surface area contributed by atoms with Crippen LogP contribution >= 0.6 is 0 Å². The largest absolute Gasteiger partial charge is 0.497 e. The van der Waals surface area contributed by atoms with Crippen molar-refractivity contribution in [3.05, 3.63) is 95.4 Å². The first kappa shape index (κ1) is 21.8. The van der Waals surface area contributed by atoms with E-state index in [-0.39, 0.29) is 5.78 Å². The smallest absolute Gasteiger partial charge is 0.210 e. The van der Waals surface area contributed by atoms with Gasteiger partial charge in [0, 0.05) is 18.0 Å². The van der Waals surface area contributed by atoms with Gasteiger partial charge in [0.05, 0.1) is 18.4 Å². The molecule has 3 heterocycles. The van der Waals surface area contributed by atoms with Gasteiger partial charge in [0.25, 0.3) is 0 Å². The van der Waals surface area contributed by atoms with Gasteiger partial charge in [0.2, 0.25) is 5.78 Å². The van der Waals surface area contributed by atoms with Crippen LogP contribution in [0.5, 0.6) is 11.5 Å². The van der Waals surface area contributed by atoms with Crippen molar-refractivity contribution in [1.29, 1.82) is 0 Å². The van der Waals surface area contributed by atoms with Crippen molar-refractivity contribution < 1.29 is 19.0 Å². The van der Waals surface area contributed by atoms with E-state index >= 15 is 0 Å². The highest BCUT2D eigenvalue weighted by Crippen LogP contribution is 2.41. The highest BCUT2D eigenvalue weighted by molar-refractivity contribution is 6.32. The molecule has 0 radical (unpaired) electrons. The molecule has 0 atom stereocenters. The van der Waals surface area contributed by atoms with E-state index in [1.165, 1.54) is 5.56 Å². The van der Waals surface area contributed by atoms with E-state index in [0.717, 1.165) is 28.2 Å². The third kappa shape index (κ3) is 4.03. The number of carbonyl (C=O) groups is 1. The number of aromatic nitrogens is 2. The first-order valence-electron chi connectivity index (χ1n) is 11.1. The molecule has 34 heavy (non-hydrogen) atoms. The lowest BCUT2D eigenvalue weighted by Crippen LogP contribution is -2.29. The van der Waals surface area contributed by atoms with Crippen molar-refractivity contribution in [2.75, 3.05) is 7.11 Å². The second kappa shape index (κ2) is 8.37. The third-order valence-electron chi connectivity index (χ3n) is 5.89. The van der Waals surface area contributed by atoms with Gasteiger partial charge in [-0.05, 0) is 74.4 Å². The molecule has 1 aliphatic rings. The number of methoxy groups -OCH3 is 1. The Bertz CT molecular complexity index is 1400. The van der Waals surface area contributed by atoms with Crippen LogP contribution in [0.15, 0.2) is 73.1 Å². The van der Waals surface area contributed by atoms with Gasteiger partial charge >= 0.3 is 0 Å². The van der Waals surface area contributed by atoms with Crippen molar-refractivity contribution in [1.82, 2.24) is 9.38 Å². The molecule has 0 aliphatic carbocycles. The summed E-state index contributed by atoms with van der Waals surface area (Å²) in [5.74, 6) is 1.98. The average molecular weight is 455 g/mol. The van der Waals surface area contributed by atoms with Gasteiger partial charge in [0.1, 0.15) is 29.5 Å². The maximum absolute atomic E-state index is 13.2. The van der Waals surface area contributed by atoms with E-state index in [1.54, 1.807) is 21.0 Å². The fourth-order valence-electron chi connectivity index (χ4n) is 4.06. The number of benzene rings is 2. The molecule has 0 saturated heterocycles. The van der Waals surface area contributed by atoms with Gasteiger partial charge < -0.3 is 18.6 Å². The molecule has 0 amide bonds. The summed E-state index contributed by atoms with van der Waals surface area (Å²) >= 11 is 0. The predicted molar refractivity (Wildman–Crippen MR) is 131 cm³/mol. The van der Waals surface area contributed by atoms with Crippen LogP contribution in [0.4, 0.5) is 0 Å². The van der Waals surface area contributed by atoms with Gasteiger partial charge in [-0.3, -0.25) is 4.79 Å². The molecule has 5 rings (SSSR count). The van der Waals surface area contributed by atoms with Crippen molar-refractivity contribution in [2.45, 2.75) is 33.0 Å². The number of imidazole rings is 1. The summed E-state index contributed by atoms with van der Waals surface area (Å²) < 4.78 is 19.3. The standard InChI is InChI=1S/C28H26N2O4/c1-18-5-14-24-29-21(16-30(24)15-18)17-33-23-12-6-19(7-13-23)25-26(34-28(2,3)27(25)31)20-8-10-22(32-4)11-9-20/h5-16H,17H2,1-4H3. The zero-order valence-corrected chi connectivity index (χ0v) is 19.7. The second-order valence-corrected chi connectivity index (χ2v) is 8.89. The molecule has 0 spiro atoms. The molecule has 0 N–H and O–H groups in total. The van der Waals surface area contributed by atoms with Crippen molar-refractivity contribution in [2.24, 2.45) is 0 Å². The van der Waals surface area contributed by atoms with Crippen LogP contribution in [-0.2, 0) is 16.1 Å². The minimum absolute atomic E-state index is 0.0491. The summed E-state index contributed by atoms with van der Waals surface area (Å²) in [5, 5.41) is 0. The number of Topliss-reactive ketones (excluding diaryl/α,β-unsaturated/α-hetero) is 1. The Balaban J connectivity index is 1.39. The predicted octanol–water partition coefficient (Wildman–Crippen LogP) is 5.48. The van der Waals surface area contributed by atoms with E-state index in [0.29, 0.717) is 23.7 Å². The summed E-state index contributed by atoms with van der Waals surface area (Å²) in [6.45, 7) is 5.99. The zero-order valence-electron chi connectivity index (χ0n) is 19.7. The van der Waals surface area contributed by atoms with Crippen LogP contribution in [0.1, 0.15) is 36.2 Å². The molecule has 0 saturated carbocycles. The van der Waals surface area contributed by atoms with Crippen molar-refractivity contribution >= 4 is 22.8 Å². The van der Waals surface area contributed by atoms with E-state index in [4.69, 9.17) is 14.2 Å². The Morgan fingerprint density at radius 3 is 2.29 bits per heavy atom. The molecule has 6 nitrogen and oxygen atoms in total. The van der Waals surface area contributed by atoms with Crippen LogP contribution in [0.2, 0.25) is 0 Å². The average Bonchev–Trinajstić information content (AvgIpc) is 3.35. The fourth-order valence-corrected chi connectivity index (χ4v) is 4.06. The summed E-state index contributed by atoms with van der Waals surface area (Å²) in [6.07, 6.45) is 4.01. The number of nitrogens with zero attached hydrogens (tertiary/aromatic N) is 2. The number of pyridine rings is 1. The zero-order chi connectivity index (χ0) is 23.9. The Morgan fingerprint density at radius 2 is 1.59 bits per heavy atom. The van der Waals surface area contributed by atoms with Crippen molar-refractivity contribution in [3.63, 3.8) is 0 Å². The molecular formula is C28H26N2O4. The molecule has 0 fully saturated rings. The number of ketones is 1. The number of ether oxygens (including phenoxy) is 3. The summed E-state index contributed by atoms with van der Waals surface area (Å²) in [5.41, 5.74) is 4.16. The Labute approximate surface area is 198 Å². The first-order valence-corrected chi connectivity index (χ1v) is 11.1.